The average Bonchev–Trinajstić information content (AvgIpc) is 3.18. The number of benzene rings is 2. The SMILES string of the molecule is CCCCCCC[C@@]12OC[C@@H](c3ccccc3)N1C(=O)c1ccccc12. The maximum Gasteiger partial charge on any atom is 0.257 e. The van der Waals surface area contributed by atoms with Gasteiger partial charge in [0.05, 0.1) is 12.6 Å². The van der Waals surface area contributed by atoms with Gasteiger partial charge in [0.1, 0.15) is 0 Å². The average molecular weight is 349 g/mol. The molecule has 2 aromatic carbocycles. The number of fused-ring (bicyclic) bond motifs is 3. The first-order chi connectivity index (χ1) is 12.8. The molecule has 0 N–H and O–H groups in total. The van der Waals surface area contributed by atoms with Crippen LogP contribution in [0, 0.1) is 0 Å². The van der Waals surface area contributed by atoms with E-state index in [1.807, 2.05) is 41.3 Å². The van der Waals surface area contributed by atoms with Gasteiger partial charge in [0.25, 0.3) is 5.91 Å². The number of ether oxygens (including phenoxy) is 1. The van der Waals surface area contributed by atoms with Crippen molar-refractivity contribution in [2.24, 2.45) is 0 Å². The Kier molecular flexibility index (Phi) is 4.82. The Morgan fingerprint density at radius 3 is 2.54 bits per heavy atom. The van der Waals surface area contributed by atoms with Gasteiger partial charge < -0.3 is 4.74 Å². The summed E-state index contributed by atoms with van der Waals surface area (Å²) >= 11 is 0. The molecule has 26 heavy (non-hydrogen) atoms. The standard InChI is InChI=1S/C23H27NO2/c1-2-3-4-5-11-16-23-20-15-10-9-14-19(20)22(25)24(23)21(17-26-23)18-12-7-6-8-13-18/h6-10,12-15,21H,2-5,11,16-17H2,1H3/t21-,23-/m0/s1. The van der Waals surface area contributed by atoms with Crippen molar-refractivity contribution in [1.29, 1.82) is 0 Å². The summed E-state index contributed by atoms with van der Waals surface area (Å²) < 4.78 is 6.44. The first-order valence-electron chi connectivity index (χ1n) is 9.90. The summed E-state index contributed by atoms with van der Waals surface area (Å²) in [6.07, 6.45) is 6.93. The van der Waals surface area contributed by atoms with Crippen molar-refractivity contribution in [3.05, 3.63) is 71.3 Å². The van der Waals surface area contributed by atoms with Gasteiger partial charge in [0, 0.05) is 11.1 Å². The predicted molar refractivity (Wildman–Crippen MR) is 103 cm³/mol. The molecule has 136 valence electrons. The van der Waals surface area contributed by atoms with E-state index in [1.54, 1.807) is 0 Å². The number of nitrogens with zero attached hydrogens (tertiary/aromatic N) is 1. The van der Waals surface area contributed by atoms with Crippen LogP contribution in [0.3, 0.4) is 0 Å². The summed E-state index contributed by atoms with van der Waals surface area (Å²) in [5.41, 5.74) is 2.43. The lowest BCUT2D eigenvalue weighted by Crippen LogP contribution is -2.40. The highest BCUT2D eigenvalue weighted by atomic mass is 16.5. The summed E-state index contributed by atoms with van der Waals surface area (Å²) in [6, 6.07) is 18.3. The lowest BCUT2D eigenvalue weighted by Gasteiger charge is -2.34. The van der Waals surface area contributed by atoms with Gasteiger partial charge in [-0.15, -0.1) is 0 Å². The predicted octanol–water partition coefficient (Wildman–Crippen LogP) is 5.43. The van der Waals surface area contributed by atoms with E-state index in [-0.39, 0.29) is 11.9 Å². The van der Waals surface area contributed by atoms with Crippen LogP contribution >= 0.6 is 0 Å². The van der Waals surface area contributed by atoms with Crippen LogP contribution in [0.25, 0.3) is 0 Å². The van der Waals surface area contributed by atoms with Gasteiger partial charge in [-0.2, -0.15) is 0 Å². The number of amides is 1. The molecule has 1 amide bonds. The van der Waals surface area contributed by atoms with Gasteiger partial charge in [0.15, 0.2) is 5.72 Å². The largest absolute Gasteiger partial charge is 0.349 e. The molecule has 0 spiro atoms. The van der Waals surface area contributed by atoms with Crippen molar-refractivity contribution in [3.8, 4) is 0 Å². The van der Waals surface area contributed by atoms with Crippen LogP contribution in [0.5, 0.6) is 0 Å². The number of carbonyl (C=O) groups is 1. The Morgan fingerprint density at radius 1 is 1.00 bits per heavy atom. The third-order valence-electron chi connectivity index (χ3n) is 5.78. The van der Waals surface area contributed by atoms with E-state index in [2.05, 4.69) is 25.1 Å². The molecule has 1 fully saturated rings. The first-order valence-corrected chi connectivity index (χ1v) is 9.90. The molecule has 0 saturated carbocycles. The summed E-state index contributed by atoms with van der Waals surface area (Å²) in [5.74, 6) is 0.112. The molecule has 2 heterocycles. The summed E-state index contributed by atoms with van der Waals surface area (Å²) in [7, 11) is 0. The Labute approximate surface area is 156 Å². The second-order valence-corrected chi connectivity index (χ2v) is 7.41. The molecule has 0 aromatic heterocycles. The maximum atomic E-state index is 13.2. The molecule has 3 heteroatoms. The lowest BCUT2D eigenvalue weighted by molar-refractivity contribution is -0.0751. The fraction of sp³-hybridized carbons (Fsp3) is 0.435. The molecule has 0 aliphatic carbocycles. The monoisotopic (exact) mass is 349 g/mol. The third kappa shape index (κ3) is 2.75. The molecule has 0 radical (unpaired) electrons. The minimum Gasteiger partial charge on any atom is -0.349 e. The molecule has 2 atom stereocenters. The molecule has 2 aliphatic rings. The highest BCUT2D eigenvalue weighted by molar-refractivity contribution is 6.00. The van der Waals surface area contributed by atoms with E-state index in [9.17, 15) is 4.79 Å². The Bertz CT molecular complexity index is 773. The van der Waals surface area contributed by atoms with Crippen LogP contribution in [0.4, 0.5) is 0 Å². The highest BCUT2D eigenvalue weighted by Crippen LogP contribution is 2.52. The fourth-order valence-corrected chi connectivity index (χ4v) is 4.48. The van der Waals surface area contributed by atoms with Crippen LogP contribution in [0.2, 0.25) is 0 Å². The maximum absolute atomic E-state index is 13.2. The van der Waals surface area contributed by atoms with Crippen LogP contribution in [-0.2, 0) is 10.5 Å². The van der Waals surface area contributed by atoms with Crippen molar-refractivity contribution in [3.63, 3.8) is 0 Å². The first kappa shape index (κ1) is 17.3. The van der Waals surface area contributed by atoms with E-state index < -0.39 is 5.72 Å². The Hall–Kier alpha value is -2.13. The van der Waals surface area contributed by atoms with E-state index in [0.717, 1.165) is 29.5 Å². The molecule has 2 aromatic rings. The Morgan fingerprint density at radius 2 is 1.73 bits per heavy atom. The molecular formula is C23H27NO2. The highest BCUT2D eigenvalue weighted by Gasteiger charge is 2.57. The zero-order valence-electron chi connectivity index (χ0n) is 15.5. The van der Waals surface area contributed by atoms with Gasteiger partial charge in [-0.05, 0) is 24.5 Å². The molecule has 2 aliphatic heterocycles. The van der Waals surface area contributed by atoms with Crippen LogP contribution in [0.1, 0.15) is 73.0 Å². The van der Waals surface area contributed by atoms with Crippen molar-refractivity contribution in [2.75, 3.05) is 6.61 Å². The van der Waals surface area contributed by atoms with Crippen LogP contribution < -0.4 is 0 Å². The topological polar surface area (TPSA) is 29.5 Å². The minimum atomic E-state index is -0.583. The number of hydrogen-bond acceptors (Lipinski definition) is 2. The number of unbranched alkanes of at least 4 members (excludes halogenated alkanes) is 4. The second kappa shape index (κ2) is 7.24. The molecular weight excluding hydrogens is 322 g/mol. The van der Waals surface area contributed by atoms with E-state index in [1.165, 1.54) is 25.7 Å². The van der Waals surface area contributed by atoms with Gasteiger partial charge in [-0.3, -0.25) is 9.69 Å². The Balaban J connectivity index is 1.65. The summed E-state index contributed by atoms with van der Waals surface area (Å²) in [6.45, 7) is 2.80. The van der Waals surface area contributed by atoms with E-state index in [0.29, 0.717) is 6.61 Å². The van der Waals surface area contributed by atoms with Crippen molar-refractivity contribution in [1.82, 2.24) is 4.90 Å². The number of rotatable bonds is 7. The van der Waals surface area contributed by atoms with Gasteiger partial charge in [-0.1, -0.05) is 81.1 Å². The van der Waals surface area contributed by atoms with Gasteiger partial charge in [-0.25, -0.2) is 0 Å². The molecule has 1 saturated heterocycles. The molecule has 4 rings (SSSR count). The normalized spacial score (nSPS) is 24.0. The van der Waals surface area contributed by atoms with Crippen molar-refractivity contribution in [2.45, 2.75) is 57.2 Å². The zero-order valence-corrected chi connectivity index (χ0v) is 15.5. The van der Waals surface area contributed by atoms with E-state index in [4.69, 9.17) is 4.74 Å². The molecule has 3 nitrogen and oxygen atoms in total. The summed E-state index contributed by atoms with van der Waals surface area (Å²) in [4.78, 5) is 15.3. The summed E-state index contributed by atoms with van der Waals surface area (Å²) in [5, 5.41) is 0. The fourth-order valence-electron chi connectivity index (χ4n) is 4.48. The smallest absolute Gasteiger partial charge is 0.257 e. The third-order valence-corrected chi connectivity index (χ3v) is 5.78. The van der Waals surface area contributed by atoms with E-state index >= 15 is 0 Å². The number of hydrogen-bond donors (Lipinski definition) is 0. The number of carbonyl (C=O) groups excluding carboxylic acids is 1. The second-order valence-electron chi connectivity index (χ2n) is 7.41. The van der Waals surface area contributed by atoms with Crippen molar-refractivity contribution < 1.29 is 9.53 Å². The van der Waals surface area contributed by atoms with Gasteiger partial charge in [0.2, 0.25) is 0 Å². The molecule has 0 bridgehead atoms. The van der Waals surface area contributed by atoms with Gasteiger partial charge >= 0.3 is 0 Å². The zero-order chi connectivity index (χ0) is 18.0. The van der Waals surface area contributed by atoms with Crippen LogP contribution in [0.15, 0.2) is 54.6 Å². The minimum absolute atomic E-state index is 0.00765. The molecule has 0 unspecified atom stereocenters. The van der Waals surface area contributed by atoms with Crippen LogP contribution in [-0.4, -0.2) is 17.4 Å². The lowest BCUT2D eigenvalue weighted by atomic mass is 9.95. The quantitative estimate of drug-likeness (QED) is 0.624. The van der Waals surface area contributed by atoms with Crippen molar-refractivity contribution >= 4 is 5.91 Å².